The molecule has 0 saturated carbocycles. The molecular formula is C20H19ClN4O. The van der Waals surface area contributed by atoms with Crippen LogP contribution in [0.25, 0.3) is 0 Å². The van der Waals surface area contributed by atoms with E-state index in [1.807, 2.05) is 49.2 Å². The van der Waals surface area contributed by atoms with Crippen LogP contribution in [0.15, 0.2) is 60.9 Å². The lowest BCUT2D eigenvalue weighted by Crippen LogP contribution is -2.20. The molecular weight excluding hydrogens is 348 g/mol. The Kier molecular flexibility index (Phi) is 5.49. The highest BCUT2D eigenvalue weighted by molar-refractivity contribution is 6.30. The molecule has 0 bridgehead atoms. The molecule has 0 fully saturated rings. The Morgan fingerprint density at radius 3 is 2.46 bits per heavy atom. The Hall–Kier alpha value is -2.92. The summed E-state index contributed by atoms with van der Waals surface area (Å²) < 4.78 is 0. The number of rotatable bonds is 5. The zero-order valence-corrected chi connectivity index (χ0v) is 15.4. The van der Waals surface area contributed by atoms with Crippen molar-refractivity contribution in [1.29, 1.82) is 0 Å². The third kappa shape index (κ3) is 4.37. The highest BCUT2D eigenvalue weighted by Gasteiger charge is 2.11. The minimum Gasteiger partial charge on any atom is -0.340 e. The highest BCUT2D eigenvalue weighted by atomic mass is 35.5. The second-order valence-electron chi connectivity index (χ2n) is 6.03. The van der Waals surface area contributed by atoms with Crippen LogP contribution in [-0.4, -0.2) is 22.9 Å². The van der Waals surface area contributed by atoms with Crippen molar-refractivity contribution in [1.82, 2.24) is 9.97 Å². The number of aryl methyl sites for hydroxylation is 1. The number of halogens is 1. The lowest BCUT2D eigenvalue weighted by Gasteiger charge is -2.17. The Balaban J connectivity index is 1.67. The molecule has 0 unspecified atom stereocenters. The van der Waals surface area contributed by atoms with E-state index in [4.69, 9.17) is 11.6 Å². The van der Waals surface area contributed by atoms with E-state index >= 15 is 0 Å². The third-order valence-electron chi connectivity index (χ3n) is 3.94. The van der Waals surface area contributed by atoms with E-state index in [2.05, 4.69) is 15.3 Å². The molecule has 0 aliphatic carbocycles. The normalized spacial score (nSPS) is 10.4. The number of nitrogens with zero attached hydrogens (tertiary/aromatic N) is 3. The van der Waals surface area contributed by atoms with Crippen molar-refractivity contribution < 1.29 is 4.79 Å². The van der Waals surface area contributed by atoms with Gasteiger partial charge >= 0.3 is 0 Å². The first-order chi connectivity index (χ1) is 12.5. The molecule has 0 saturated heterocycles. The van der Waals surface area contributed by atoms with Gasteiger partial charge in [-0.25, -0.2) is 9.97 Å². The van der Waals surface area contributed by atoms with Gasteiger partial charge in [0.1, 0.15) is 0 Å². The first kappa shape index (κ1) is 17.9. The number of carbonyl (C=O) groups excluding carboxylic acids is 1. The Morgan fingerprint density at radius 1 is 1.12 bits per heavy atom. The van der Waals surface area contributed by atoms with Crippen LogP contribution in [0.3, 0.4) is 0 Å². The Labute approximate surface area is 157 Å². The van der Waals surface area contributed by atoms with Crippen LogP contribution in [0.1, 0.15) is 21.5 Å². The van der Waals surface area contributed by atoms with Crippen LogP contribution in [0.5, 0.6) is 0 Å². The van der Waals surface area contributed by atoms with Crippen molar-refractivity contribution in [2.45, 2.75) is 13.5 Å². The Bertz CT molecular complexity index is 897. The van der Waals surface area contributed by atoms with E-state index < -0.39 is 0 Å². The SMILES string of the molecule is Cc1cc(Cl)ccc1NC(=O)c1cnc(N(C)Cc2ccccc2)nc1. The van der Waals surface area contributed by atoms with Gasteiger partial charge in [0.15, 0.2) is 0 Å². The topological polar surface area (TPSA) is 58.1 Å². The summed E-state index contributed by atoms with van der Waals surface area (Å²) in [6, 6.07) is 15.4. The maximum Gasteiger partial charge on any atom is 0.258 e. The zero-order chi connectivity index (χ0) is 18.5. The number of carbonyl (C=O) groups is 1. The Morgan fingerprint density at radius 2 is 1.81 bits per heavy atom. The predicted molar refractivity (Wildman–Crippen MR) is 105 cm³/mol. The summed E-state index contributed by atoms with van der Waals surface area (Å²) in [7, 11) is 1.92. The monoisotopic (exact) mass is 366 g/mol. The van der Waals surface area contributed by atoms with Crippen LogP contribution in [0.2, 0.25) is 5.02 Å². The molecule has 0 aliphatic rings. The fourth-order valence-corrected chi connectivity index (χ4v) is 2.75. The summed E-state index contributed by atoms with van der Waals surface area (Å²) in [4.78, 5) is 22.9. The lowest BCUT2D eigenvalue weighted by atomic mass is 10.2. The van der Waals surface area contributed by atoms with Gasteiger partial charge in [-0.2, -0.15) is 0 Å². The quantitative estimate of drug-likeness (QED) is 0.730. The molecule has 2 aromatic carbocycles. The largest absolute Gasteiger partial charge is 0.340 e. The molecule has 1 heterocycles. The van der Waals surface area contributed by atoms with Crippen molar-refractivity contribution in [3.05, 3.63) is 82.6 Å². The molecule has 3 rings (SSSR count). The van der Waals surface area contributed by atoms with E-state index in [0.29, 0.717) is 28.8 Å². The summed E-state index contributed by atoms with van der Waals surface area (Å²) >= 11 is 5.94. The second kappa shape index (κ2) is 7.97. The van der Waals surface area contributed by atoms with Crippen molar-refractivity contribution in [2.24, 2.45) is 0 Å². The van der Waals surface area contributed by atoms with Crippen molar-refractivity contribution in [3.8, 4) is 0 Å². The summed E-state index contributed by atoms with van der Waals surface area (Å²) in [5, 5.41) is 3.48. The molecule has 1 N–H and O–H groups in total. The maximum absolute atomic E-state index is 12.4. The van der Waals surface area contributed by atoms with Gasteiger partial charge in [-0.1, -0.05) is 41.9 Å². The first-order valence-electron chi connectivity index (χ1n) is 8.17. The average molecular weight is 367 g/mol. The number of hydrogen-bond donors (Lipinski definition) is 1. The zero-order valence-electron chi connectivity index (χ0n) is 14.6. The van der Waals surface area contributed by atoms with Crippen LogP contribution in [0, 0.1) is 6.92 Å². The number of aromatic nitrogens is 2. The predicted octanol–water partition coefficient (Wildman–Crippen LogP) is 4.33. The summed E-state index contributed by atoms with van der Waals surface area (Å²) in [5.41, 5.74) is 3.17. The molecule has 0 spiro atoms. The number of nitrogens with one attached hydrogen (secondary N) is 1. The molecule has 0 atom stereocenters. The standard InChI is InChI=1S/C20H19ClN4O/c1-14-10-17(21)8-9-18(14)24-19(26)16-11-22-20(23-12-16)25(2)13-15-6-4-3-5-7-15/h3-12H,13H2,1-2H3,(H,24,26). The molecule has 0 aliphatic heterocycles. The minimum absolute atomic E-state index is 0.257. The number of amides is 1. The average Bonchev–Trinajstić information content (AvgIpc) is 2.65. The molecule has 3 aromatic rings. The summed E-state index contributed by atoms with van der Waals surface area (Å²) in [5.74, 6) is 0.306. The first-order valence-corrected chi connectivity index (χ1v) is 8.55. The van der Waals surface area contributed by atoms with E-state index in [1.54, 1.807) is 18.2 Å². The van der Waals surface area contributed by atoms with Gasteiger partial charge in [-0.05, 0) is 36.2 Å². The highest BCUT2D eigenvalue weighted by Crippen LogP contribution is 2.20. The molecule has 6 heteroatoms. The minimum atomic E-state index is -0.257. The fourth-order valence-electron chi connectivity index (χ4n) is 2.53. The molecule has 132 valence electrons. The smallest absolute Gasteiger partial charge is 0.258 e. The van der Waals surface area contributed by atoms with Crippen LogP contribution < -0.4 is 10.2 Å². The number of hydrogen-bond acceptors (Lipinski definition) is 4. The van der Waals surface area contributed by atoms with Gasteiger partial charge in [-0.3, -0.25) is 4.79 Å². The number of anilines is 2. The van der Waals surface area contributed by atoms with Crippen LogP contribution in [-0.2, 0) is 6.54 Å². The lowest BCUT2D eigenvalue weighted by molar-refractivity contribution is 0.102. The molecule has 26 heavy (non-hydrogen) atoms. The van der Waals surface area contributed by atoms with E-state index in [1.165, 1.54) is 18.0 Å². The molecule has 0 radical (unpaired) electrons. The molecule has 1 amide bonds. The van der Waals surface area contributed by atoms with Gasteiger partial charge in [0, 0.05) is 36.7 Å². The van der Waals surface area contributed by atoms with Gasteiger partial charge in [-0.15, -0.1) is 0 Å². The van der Waals surface area contributed by atoms with Gasteiger partial charge in [0.25, 0.3) is 5.91 Å². The summed E-state index contributed by atoms with van der Waals surface area (Å²) in [6.45, 7) is 2.58. The van der Waals surface area contributed by atoms with Crippen LogP contribution >= 0.6 is 11.6 Å². The van der Waals surface area contributed by atoms with Crippen LogP contribution in [0.4, 0.5) is 11.6 Å². The maximum atomic E-state index is 12.4. The summed E-state index contributed by atoms with van der Waals surface area (Å²) in [6.07, 6.45) is 3.06. The van der Waals surface area contributed by atoms with E-state index in [-0.39, 0.29) is 5.91 Å². The van der Waals surface area contributed by atoms with E-state index in [9.17, 15) is 4.79 Å². The van der Waals surface area contributed by atoms with Crippen molar-refractivity contribution >= 4 is 29.1 Å². The third-order valence-corrected chi connectivity index (χ3v) is 4.18. The molecule has 5 nitrogen and oxygen atoms in total. The fraction of sp³-hybridized carbons (Fsp3) is 0.150. The van der Waals surface area contributed by atoms with Crippen molar-refractivity contribution in [3.63, 3.8) is 0 Å². The van der Waals surface area contributed by atoms with Gasteiger partial charge in [0.05, 0.1) is 5.56 Å². The van der Waals surface area contributed by atoms with E-state index in [0.717, 1.165) is 5.56 Å². The van der Waals surface area contributed by atoms with Gasteiger partial charge in [0.2, 0.25) is 5.95 Å². The second-order valence-corrected chi connectivity index (χ2v) is 6.46. The van der Waals surface area contributed by atoms with Gasteiger partial charge < -0.3 is 10.2 Å². The number of benzene rings is 2. The van der Waals surface area contributed by atoms with Crippen molar-refractivity contribution in [2.75, 3.05) is 17.3 Å². The molecule has 1 aromatic heterocycles.